The van der Waals surface area contributed by atoms with Crippen molar-refractivity contribution in [1.29, 1.82) is 0 Å². The van der Waals surface area contributed by atoms with Gasteiger partial charge in [-0.1, -0.05) is 30.3 Å². The Labute approximate surface area is 183 Å². The van der Waals surface area contributed by atoms with E-state index in [1.54, 1.807) is 12.1 Å². The summed E-state index contributed by atoms with van der Waals surface area (Å²) in [4.78, 5) is 21.4. The summed E-state index contributed by atoms with van der Waals surface area (Å²) in [5.74, 6) is 0.206. The highest BCUT2D eigenvalue weighted by molar-refractivity contribution is 7.89. The van der Waals surface area contributed by atoms with Crippen molar-refractivity contribution in [2.24, 2.45) is 10.6 Å². The first-order chi connectivity index (χ1) is 14.8. The Hall–Kier alpha value is -2.26. The Balaban J connectivity index is 1.36. The van der Waals surface area contributed by atoms with E-state index in [0.717, 1.165) is 50.1 Å². The van der Waals surface area contributed by atoms with Crippen LogP contribution in [0.15, 0.2) is 59.5 Å². The standard InChI is InChI=1S/C23H29N3O4S/c1-18-22(27)23(17-26(30-18)20-5-3-2-4-6-20)12-15-25(16-13-23)14-11-19-7-9-21(10-8-19)31(24,28)29/h2-10,18H,11-17H2,1H3,(H2,24,28,29). The van der Waals surface area contributed by atoms with Crippen molar-refractivity contribution in [3.8, 4) is 0 Å². The van der Waals surface area contributed by atoms with Crippen LogP contribution in [-0.2, 0) is 26.1 Å². The van der Waals surface area contributed by atoms with Gasteiger partial charge in [-0.3, -0.25) is 14.7 Å². The largest absolute Gasteiger partial charge is 0.303 e. The molecule has 31 heavy (non-hydrogen) atoms. The summed E-state index contributed by atoms with van der Waals surface area (Å²) in [6.07, 6.45) is 2.00. The number of nitrogens with two attached hydrogens (primary N) is 1. The molecular weight excluding hydrogens is 414 g/mol. The minimum absolute atomic E-state index is 0.131. The molecule has 2 fully saturated rings. The van der Waals surface area contributed by atoms with Gasteiger partial charge in [-0.15, -0.1) is 0 Å². The van der Waals surface area contributed by atoms with E-state index in [1.807, 2.05) is 54.5 Å². The van der Waals surface area contributed by atoms with Gasteiger partial charge < -0.3 is 4.90 Å². The topological polar surface area (TPSA) is 92.9 Å². The van der Waals surface area contributed by atoms with Crippen LogP contribution in [0.2, 0.25) is 0 Å². The van der Waals surface area contributed by atoms with Gasteiger partial charge in [0.2, 0.25) is 10.0 Å². The van der Waals surface area contributed by atoms with Crippen LogP contribution in [0.25, 0.3) is 0 Å². The van der Waals surface area contributed by atoms with Crippen molar-refractivity contribution in [1.82, 2.24) is 4.90 Å². The third-order valence-electron chi connectivity index (χ3n) is 6.45. The Morgan fingerprint density at radius 3 is 2.32 bits per heavy atom. The first kappa shape index (κ1) is 22.0. The van der Waals surface area contributed by atoms with E-state index in [4.69, 9.17) is 9.98 Å². The zero-order valence-electron chi connectivity index (χ0n) is 17.7. The smallest absolute Gasteiger partial charge is 0.238 e. The molecule has 2 aliphatic rings. The zero-order chi connectivity index (χ0) is 22.1. The number of hydrogen-bond acceptors (Lipinski definition) is 6. The molecule has 8 heteroatoms. The summed E-state index contributed by atoms with van der Waals surface area (Å²) in [5, 5.41) is 7.04. The number of sulfonamides is 1. The lowest BCUT2D eigenvalue weighted by molar-refractivity contribution is -0.153. The van der Waals surface area contributed by atoms with Crippen molar-refractivity contribution >= 4 is 21.5 Å². The number of hydroxylamine groups is 1. The number of para-hydroxylation sites is 1. The quantitative estimate of drug-likeness (QED) is 0.763. The molecule has 0 bridgehead atoms. The van der Waals surface area contributed by atoms with Gasteiger partial charge in [0.15, 0.2) is 5.78 Å². The van der Waals surface area contributed by atoms with Crippen LogP contribution in [0.4, 0.5) is 5.69 Å². The number of carbonyl (C=O) groups excluding carboxylic acids is 1. The molecule has 0 radical (unpaired) electrons. The summed E-state index contributed by atoms with van der Waals surface area (Å²) in [6, 6.07) is 16.7. The van der Waals surface area contributed by atoms with Crippen LogP contribution in [0.5, 0.6) is 0 Å². The average Bonchev–Trinajstić information content (AvgIpc) is 2.77. The third kappa shape index (κ3) is 4.82. The van der Waals surface area contributed by atoms with Gasteiger partial charge in [-0.2, -0.15) is 0 Å². The number of rotatable bonds is 5. The van der Waals surface area contributed by atoms with Crippen molar-refractivity contribution < 1.29 is 18.0 Å². The van der Waals surface area contributed by atoms with E-state index in [1.165, 1.54) is 0 Å². The van der Waals surface area contributed by atoms with E-state index in [-0.39, 0.29) is 16.1 Å². The van der Waals surface area contributed by atoms with Gasteiger partial charge in [0.25, 0.3) is 0 Å². The zero-order valence-corrected chi connectivity index (χ0v) is 18.6. The van der Waals surface area contributed by atoms with Gasteiger partial charge in [-0.05, 0) is 69.1 Å². The lowest BCUT2D eigenvalue weighted by atomic mass is 9.72. The molecule has 166 valence electrons. The fourth-order valence-electron chi connectivity index (χ4n) is 4.55. The lowest BCUT2D eigenvalue weighted by Gasteiger charge is -2.48. The molecule has 2 aromatic carbocycles. The Morgan fingerprint density at radius 2 is 1.71 bits per heavy atom. The molecule has 2 N–H and O–H groups in total. The number of likely N-dealkylation sites (tertiary alicyclic amines) is 1. The predicted octanol–water partition coefficient (Wildman–Crippen LogP) is 2.37. The van der Waals surface area contributed by atoms with Gasteiger partial charge in [-0.25, -0.2) is 13.6 Å². The molecule has 0 aromatic heterocycles. The fourth-order valence-corrected chi connectivity index (χ4v) is 5.06. The van der Waals surface area contributed by atoms with Gasteiger partial charge >= 0.3 is 0 Å². The molecule has 1 spiro atoms. The molecule has 1 atom stereocenters. The van der Waals surface area contributed by atoms with Gasteiger partial charge in [0, 0.05) is 6.54 Å². The maximum atomic E-state index is 13.0. The Bertz CT molecular complexity index is 1020. The maximum absolute atomic E-state index is 13.0. The number of carbonyl (C=O) groups is 1. The molecule has 2 saturated heterocycles. The summed E-state index contributed by atoms with van der Waals surface area (Å²) < 4.78 is 22.8. The van der Waals surface area contributed by atoms with E-state index >= 15 is 0 Å². The van der Waals surface area contributed by atoms with Crippen LogP contribution in [0, 0.1) is 5.41 Å². The van der Waals surface area contributed by atoms with E-state index in [2.05, 4.69) is 4.90 Å². The second-order valence-electron chi connectivity index (χ2n) is 8.54. The normalized spacial score (nSPS) is 22.1. The molecule has 2 aliphatic heterocycles. The summed E-state index contributed by atoms with van der Waals surface area (Å²) in [5.41, 5.74) is 1.67. The number of Topliss-reactive ketones (excluding diaryl/α,β-unsaturated/α-hetero) is 1. The van der Waals surface area contributed by atoms with E-state index < -0.39 is 16.1 Å². The van der Waals surface area contributed by atoms with E-state index in [9.17, 15) is 13.2 Å². The number of anilines is 1. The molecular formula is C23H29N3O4S. The van der Waals surface area contributed by atoms with Crippen LogP contribution in [0.3, 0.4) is 0 Å². The highest BCUT2D eigenvalue weighted by atomic mass is 32.2. The molecule has 0 saturated carbocycles. The second kappa shape index (κ2) is 8.70. The molecule has 7 nitrogen and oxygen atoms in total. The highest BCUT2D eigenvalue weighted by Gasteiger charge is 2.48. The van der Waals surface area contributed by atoms with Gasteiger partial charge in [0.1, 0.15) is 6.10 Å². The van der Waals surface area contributed by atoms with Gasteiger partial charge in [0.05, 0.1) is 22.5 Å². The average molecular weight is 444 g/mol. The van der Waals surface area contributed by atoms with Crippen LogP contribution in [-0.4, -0.2) is 51.4 Å². The van der Waals surface area contributed by atoms with Crippen LogP contribution >= 0.6 is 0 Å². The molecule has 0 amide bonds. The summed E-state index contributed by atoms with van der Waals surface area (Å²) >= 11 is 0. The number of primary sulfonamides is 1. The number of hydrogen-bond donors (Lipinski definition) is 1. The number of piperidine rings is 1. The van der Waals surface area contributed by atoms with Crippen LogP contribution in [0.1, 0.15) is 25.3 Å². The molecule has 2 heterocycles. The second-order valence-corrected chi connectivity index (χ2v) is 10.1. The molecule has 4 rings (SSSR count). The fraction of sp³-hybridized carbons (Fsp3) is 0.435. The number of ketones is 1. The Morgan fingerprint density at radius 1 is 1.06 bits per heavy atom. The number of benzene rings is 2. The highest BCUT2D eigenvalue weighted by Crippen LogP contribution is 2.39. The van der Waals surface area contributed by atoms with Crippen molar-refractivity contribution in [2.75, 3.05) is 31.2 Å². The maximum Gasteiger partial charge on any atom is 0.238 e. The summed E-state index contributed by atoms with van der Waals surface area (Å²) in [6.45, 7) is 5.01. The monoisotopic (exact) mass is 443 g/mol. The first-order valence-corrected chi connectivity index (χ1v) is 12.2. The predicted molar refractivity (Wildman–Crippen MR) is 119 cm³/mol. The minimum Gasteiger partial charge on any atom is -0.303 e. The SMILES string of the molecule is CC1ON(c2ccccc2)CC2(CCN(CCc3ccc(S(N)(=O)=O)cc3)CC2)C1=O. The first-order valence-electron chi connectivity index (χ1n) is 10.6. The van der Waals surface area contributed by atoms with Crippen molar-refractivity contribution in [2.45, 2.75) is 37.2 Å². The van der Waals surface area contributed by atoms with Crippen molar-refractivity contribution in [3.05, 3.63) is 60.2 Å². The molecule has 2 aromatic rings. The molecule has 1 unspecified atom stereocenters. The lowest BCUT2D eigenvalue weighted by Crippen LogP contribution is -2.58. The Kier molecular flexibility index (Phi) is 6.16. The minimum atomic E-state index is -3.66. The third-order valence-corrected chi connectivity index (χ3v) is 7.38. The van der Waals surface area contributed by atoms with Crippen molar-refractivity contribution in [3.63, 3.8) is 0 Å². The number of nitrogens with zero attached hydrogens (tertiary/aromatic N) is 2. The molecule has 0 aliphatic carbocycles. The van der Waals surface area contributed by atoms with E-state index in [0.29, 0.717) is 6.54 Å². The van der Waals surface area contributed by atoms with Crippen LogP contribution < -0.4 is 10.2 Å². The summed E-state index contributed by atoms with van der Waals surface area (Å²) in [7, 11) is -3.66.